The van der Waals surface area contributed by atoms with Crippen LogP contribution in [0.5, 0.6) is 0 Å². The molecule has 0 aliphatic carbocycles. The van der Waals surface area contributed by atoms with E-state index in [0.717, 1.165) is 10.0 Å². The molecule has 2 amide bonds. The molecule has 1 unspecified atom stereocenters. The Hall–Kier alpha value is -2.92. The summed E-state index contributed by atoms with van der Waals surface area (Å²) in [5, 5.41) is 5.80. The molecule has 136 valence electrons. The molecule has 0 aliphatic rings. The first kappa shape index (κ1) is 18.9. The van der Waals surface area contributed by atoms with E-state index < -0.39 is 0 Å². The highest BCUT2D eigenvalue weighted by molar-refractivity contribution is 9.10. The average molecular weight is 423 g/mol. The zero-order valence-electron chi connectivity index (χ0n) is 14.8. The molecule has 0 aliphatic heterocycles. The predicted octanol–water partition coefficient (Wildman–Crippen LogP) is 5.19. The molecule has 0 saturated carbocycles. The van der Waals surface area contributed by atoms with Crippen molar-refractivity contribution < 1.29 is 9.59 Å². The number of anilines is 1. The number of nitrogens with one attached hydrogen (secondary N) is 2. The Labute approximate surface area is 166 Å². The zero-order chi connectivity index (χ0) is 19.2. The maximum absolute atomic E-state index is 12.4. The van der Waals surface area contributed by atoms with Gasteiger partial charge in [-0.25, -0.2) is 0 Å². The van der Waals surface area contributed by atoms with Crippen molar-refractivity contribution in [3.05, 3.63) is 100 Å². The molecule has 3 aromatic carbocycles. The molecule has 0 aromatic heterocycles. The van der Waals surface area contributed by atoms with Gasteiger partial charge in [0.25, 0.3) is 11.8 Å². The molecular formula is C22H19BrN2O2. The van der Waals surface area contributed by atoms with Crippen molar-refractivity contribution >= 4 is 33.4 Å². The van der Waals surface area contributed by atoms with E-state index in [1.807, 2.05) is 43.3 Å². The molecule has 0 heterocycles. The highest BCUT2D eigenvalue weighted by Gasteiger charge is 2.12. The number of carbonyl (C=O) groups excluding carboxylic acids is 2. The fourth-order valence-electron chi connectivity index (χ4n) is 2.64. The maximum Gasteiger partial charge on any atom is 0.255 e. The highest BCUT2D eigenvalue weighted by atomic mass is 79.9. The van der Waals surface area contributed by atoms with Gasteiger partial charge in [-0.2, -0.15) is 0 Å². The number of halogens is 1. The van der Waals surface area contributed by atoms with Gasteiger partial charge in [0, 0.05) is 21.3 Å². The minimum absolute atomic E-state index is 0.0883. The molecule has 1 atom stereocenters. The predicted molar refractivity (Wildman–Crippen MR) is 111 cm³/mol. The second-order valence-corrected chi connectivity index (χ2v) is 7.06. The van der Waals surface area contributed by atoms with Crippen LogP contribution in [-0.4, -0.2) is 11.8 Å². The number of rotatable bonds is 5. The topological polar surface area (TPSA) is 58.2 Å². The number of amides is 2. The van der Waals surface area contributed by atoms with Crippen LogP contribution in [0.3, 0.4) is 0 Å². The van der Waals surface area contributed by atoms with Crippen LogP contribution in [0.2, 0.25) is 0 Å². The van der Waals surface area contributed by atoms with Gasteiger partial charge in [0.05, 0.1) is 6.04 Å². The standard InChI is InChI=1S/C22H19BrN2O2/c1-15(16-6-3-2-4-7-16)24-21(26)17-10-12-20(13-11-17)25-22(27)18-8-5-9-19(23)14-18/h2-15H,1H3,(H,24,26)(H,25,27). The van der Waals surface area contributed by atoms with Crippen LogP contribution in [0.4, 0.5) is 5.69 Å². The summed E-state index contributed by atoms with van der Waals surface area (Å²) in [7, 11) is 0. The monoisotopic (exact) mass is 422 g/mol. The smallest absolute Gasteiger partial charge is 0.255 e. The third kappa shape index (κ3) is 5.05. The minimum Gasteiger partial charge on any atom is -0.346 e. The van der Waals surface area contributed by atoms with E-state index in [2.05, 4.69) is 26.6 Å². The van der Waals surface area contributed by atoms with Crippen LogP contribution in [-0.2, 0) is 0 Å². The summed E-state index contributed by atoms with van der Waals surface area (Å²) in [4.78, 5) is 24.7. The van der Waals surface area contributed by atoms with E-state index in [4.69, 9.17) is 0 Å². The summed E-state index contributed by atoms with van der Waals surface area (Å²) < 4.78 is 0.842. The Balaban J connectivity index is 1.63. The van der Waals surface area contributed by atoms with Gasteiger partial charge in [0.1, 0.15) is 0 Å². The lowest BCUT2D eigenvalue weighted by Gasteiger charge is -2.14. The van der Waals surface area contributed by atoms with Gasteiger partial charge in [-0.3, -0.25) is 9.59 Å². The van der Waals surface area contributed by atoms with Gasteiger partial charge in [-0.1, -0.05) is 52.3 Å². The van der Waals surface area contributed by atoms with E-state index in [1.165, 1.54) is 0 Å². The average Bonchev–Trinajstić information content (AvgIpc) is 2.69. The Morgan fingerprint density at radius 3 is 2.19 bits per heavy atom. The largest absolute Gasteiger partial charge is 0.346 e. The van der Waals surface area contributed by atoms with Gasteiger partial charge in [-0.05, 0) is 55.0 Å². The summed E-state index contributed by atoms with van der Waals surface area (Å²) in [6.07, 6.45) is 0. The highest BCUT2D eigenvalue weighted by Crippen LogP contribution is 2.16. The second kappa shape index (κ2) is 8.64. The first-order valence-electron chi connectivity index (χ1n) is 8.56. The number of hydrogen-bond acceptors (Lipinski definition) is 2. The van der Waals surface area contributed by atoms with Gasteiger partial charge in [0.15, 0.2) is 0 Å². The first-order chi connectivity index (χ1) is 13.0. The fourth-order valence-corrected chi connectivity index (χ4v) is 3.04. The maximum atomic E-state index is 12.4. The molecule has 0 radical (unpaired) electrons. The van der Waals surface area contributed by atoms with E-state index >= 15 is 0 Å². The molecule has 5 heteroatoms. The molecule has 0 bridgehead atoms. The molecule has 3 aromatic rings. The summed E-state index contributed by atoms with van der Waals surface area (Å²) in [5.41, 5.74) is 2.78. The van der Waals surface area contributed by atoms with Crippen molar-refractivity contribution in [3.8, 4) is 0 Å². The lowest BCUT2D eigenvalue weighted by molar-refractivity contribution is 0.0939. The molecule has 3 rings (SSSR count). The Bertz CT molecular complexity index is 940. The van der Waals surface area contributed by atoms with Crippen molar-refractivity contribution in [1.82, 2.24) is 5.32 Å². The molecular weight excluding hydrogens is 404 g/mol. The summed E-state index contributed by atoms with van der Waals surface area (Å²) >= 11 is 3.35. The third-order valence-electron chi connectivity index (χ3n) is 4.14. The Morgan fingerprint density at radius 2 is 1.52 bits per heavy atom. The number of carbonyl (C=O) groups is 2. The normalized spacial score (nSPS) is 11.5. The number of hydrogen-bond donors (Lipinski definition) is 2. The van der Waals surface area contributed by atoms with Crippen LogP contribution in [0.1, 0.15) is 39.2 Å². The molecule has 0 spiro atoms. The lowest BCUT2D eigenvalue weighted by atomic mass is 10.1. The van der Waals surface area contributed by atoms with E-state index in [1.54, 1.807) is 42.5 Å². The van der Waals surface area contributed by atoms with Crippen LogP contribution < -0.4 is 10.6 Å². The summed E-state index contributed by atoms with van der Waals surface area (Å²) in [6.45, 7) is 1.94. The Kier molecular flexibility index (Phi) is 6.04. The molecule has 0 fully saturated rings. The molecule has 2 N–H and O–H groups in total. The second-order valence-electron chi connectivity index (χ2n) is 6.15. The molecule has 4 nitrogen and oxygen atoms in total. The quantitative estimate of drug-likeness (QED) is 0.593. The molecule has 0 saturated heterocycles. The van der Waals surface area contributed by atoms with Crippen molar-refractivity contribution in [2.24, 2.45) is 0 Å². The van der Waals surface area contributed by atoms with E-state index in [0.29, 0.717) is 16.8 Å². The van der Waals surface area contributed by atoms with Gasteiger partial charge in [0.2, 0.25) is 0 Å². The number of benzene rings is 3. The van der Waals surface area contributed by atoms with Gasteiger partial charge >= 0.3 is 0 Å². The zero-order valence-corrected chi connectivity index (χ0v) is 16.4. The molecule has 27 heavy (non-hydrogen) atoms. The van der Waals surface area contributed by atoms with Crippen LogP contribution in [0, 0.1) is 0 Å². The first-order valence-corrected chi connectivity index (χ1v) is 9.35. The van der Waals surface area contributed by atoms with Crippen LogP contribution in [0.15, 0.2) is 83.3 Å². The summed E-state index contributed by atoms with van der Waals surface area (Å²) in [6, 6.07) is 23.7. The van der Waals surface area contributed by atoms with Gasteiger partial charge < -0.3 is 10.6 Å². The van der Waals surface area contributed by atoms with Crippen molar-refractivity contribution in [1.29, 1.82) is 0 Å². The van der Waals surface area contributed by atoms with Crippen molar-refractivity contribution in [3.63, 3.8) is 0 Å². The SMILES string of the molecule is CC(NC(=O)c1ccc(NC(=O)c2cccc(Br)c2)cc1)c1ccccc1. The fraction of sp³-hybridized carbons (Fsp3) is 0.0909. The summed E-state index contributed by atoms with van der Waals surface area (Å²) in [5.74, 6) is -0.359. The van der Waals surface area contributed by atoms with Crippen molar-refractivity contribution in [2.45, 2.75) is 13.0 Å². The minimum atomic E-state index is -0.203. The van der Waals surface area contributed by atoms with E-state index in [-0.39, 0.29) is 17.9 Å². The third-order valence-corrected chi connectivity index (χ3v) is 4.63. The van der Waals surface area contributed by atoms with Crippen LogP contribution >= 0.6 is 15.9 Å². The Morgan fingerprint density at radius 1 is 0.815 bits per heavy atom. The van der Waals surface area contributed by atoms with Crippen LogP contribution in [0.25, 0.3) is 0 Å². The lowest BCUT2D eigenvalue weighted by Crippen LogP contribution is -2.26. The van der Waals surface area contributed by atoms with Crippen molar-refractivity contribution in [2.75, 3.05) is 5.32 Å². The van der Waals surface area contributed by atoms with Gasteiger partial charge in [-0.15, -0.1) is 0 Å². The van der Waals surface area contributed by atoms with E-state index in [9.17, 15) is 9.59 Å².